The SMILES string of the molecule is CC(=O)Cc1ccc(-c2c(Cl)cc(Cl)cc2Cl)o1. The highest BCUT2D eigenvalue weighted by Crippen LogP contribution is 2.37. The molecule has 5 heteroatoms. The predicted molar refractivity (Wildman–Crippen MR) is 73.6 cm³/mol. The highest BCUT2D eigenvalue weighted by molar-refractivity contribution is 6.41. The van der Waals surface area contributed by atoms with Crippen LogP contribution in [0.15, 0.2) is 28.7 Å². The summed E-state index contributed by atoms with van der Waals surface area (Å²) in [5.74, 6) is 1.14. The summed E-state index contributed by atoms with van der Waals surface area (Å²) < 4.78 is 5.55. The van der Waals surface area contributed by atoms with Gasteiger partial charge in [-0.1, -0.05) is 34.8 Å². The Kier molecular flexibility index (Phi) is 4.00. The van der Waals surface area contributed by atoms with Crippen molar-refractivity contribution in [1.29, 1.82) is 0 Å². The van der Waals surface area contributed by atoms with Crippen LogP contribution < -0.4 is 0 Å². The zero-order chi connectivity index (χ0) is 13.3. The summed E-state index contributed by atoms with van der Waals surface area (Å²) in [6, 6.07) is 6.66. The van der Waals surface area contributed by atoms with Crippen molar-refractivity contribution >= 4 is 40.6 Å². The van der Waals surface area contributed by atoms with Crippen LogP contribution in [0.1, 0.15) is 12.7 Å². The maximum absolute atomic E-state index is 11.0. The molecule has 2 rings (SSSR count). The smallest absolute Gasteiger partial charge is 0.137 e. The third kappa shape index (κ3) is 2.89. The molecule has 18 heavy (non-hydrogen) atoms. The number of furan rings is 1. The zero-order valence-electron chi connectivity index (χ0n) is 9.47. The summed E-state index contributed by atoms with van der Waals surface area (Å²) in [6.45, 7) is 1.50. The van der Waals surface area contributed by atoms with Crippen molar-refractivity contribution in [2.24, 2.45) is 0 Å². The lowest BCUT2D eigenvalue weighted by molar-refractivity contribution is -0.116. The lowest BCUT2D eigenvalue weighted by atomic mass is 10.2. The van der Waals surface area contributed by atoms with Crippen LogP contribution in [0.5, 0.6) is 0 Å². The van der Waals surface area contributed by atoms with Gasteiger partial charge in [0, 0.05) is 5.02 Å². The number of hydrogen-bond donors (Lipinski definition) is 0. The minimum Gasteiger partial charge on any atom is -0.461 e. The van der Waals surface area contributed by atoms with E-state index >= 15 is 0 Å². The third-order valence-corrected chi connectivity index (χ3v) is 3.15. The van der Waals surface area contributed by atoms with Gasteiger partial charge in [-0.2, -0.15) is 0 Å². The van der Waals surface area contributed by atoms with Gasteiger partial charge in [0.25, 0.3) is 0 Å². The van der Waals surface area contributed by atoms with Gasteiger partial charge in [-0.3, -0.25) is 4.79 Å². The van der Waals surface area contributed by atoms with Gasteiger partial charge in [0.2, 0.25) is 0 Å². The molecule has 94 valence electrons. The molecule has 2 nitrogen and oxygen atoms in total. The van der Waals surface area contributed by atoms with E-state index < -0.39 is 0 Å². The molecule has 0 bridgehead atoms. The quantitative estimate of drug-likeness (QED) is 0.795. The van der Waals surface area contributed by atoms with Crippen molar-refractivity contribution in [1.82, 2.24) is 0 Å². The van der Waals surface area contributed by atoms with Crippen LogP contribution in [0.3, 0.4) is 0 Å². The van der Waals surface area contributed by atoms with E-state index in [-0.39, 0.29) is 12.2 Å². The molecule has 0 saturated heterocycles. The van der Waals surface area contributed by atoms with E-state index in [1.54, 1.807) is 24.3 Å². The summed E-state index contributed by atoms with van der Waals surface area (Å²) in [5.41, 5.74) is 0.581. The van der Waals surface area contributed by atoms with E-state index in [1.165, 1.54) is 6.92 Å². The predicted octanol–water partition coefficient (Wildman–Crippen LogP) is 5.04. The van der Waals surface area contributed by atoms with Crippen LogP contribution in [0, 0.1) is 0 Å². The molecule has 1 aromatic carbocycles. The fraction of sp³-hybridized carbons (Fsp3) is 0.154. The summed E-state index contributed by atoms with van der Waals surface area (Å²) >= 11 is 18.0. The average Bonchev–Trinajstić information content (AvgIpc) is 2.63. The number of Topliss-reactive ketones (excluding diaryl/α,β-unsaturated/α-hetero) is 1. The molecule has 0 aliphatic heterocycles. The molecule has 0 atom stereocenters. The van der Waals surface area contributed by atoms with Crippen LogP contribution in [0.2, 0.25) is 15.1 Å². The van der Waals surface area contributed by atoms with Gasteiger partial charge in [0.05, 0.1) is 22.0 Å². The first-order valence-electron chi connectivity index (χ1n) is 5.20. The Morgan fingerprint density at radius 2 is 1.78 bits per heavy atom. The Morgan fingerprint density at radius 3 is 2.33 bits per heavy atom. The van der Waals surface area contributed by atoms with Gasteiger partial charge in [-0.25, -0.2) is 0 Å². The van der Waals surface area contributed by atoms with Gasteiger partial charge in [0.1, 0.15) is 17.3 Å². The second-order valence-electron chi connectivity index (χ2n) is 3.89. The second kappa shape index (κ2) is 5.35. The lowest BCUT2D eigenvalue weighted by Gasteiger charge is -2.04. The lowest BCUT2D eigenvalue weighted by Crippen LogP contribution is -1.93. The number of benzene rings is 1. The van der Waals surface area contributed by atoms with E-state index in [4.69, 9.17) is 39.2 Å². The molecule has 0 N–H and O–H groups in total. The van der Waals surface area contributed by atoms with Crippen LogP contribution in [0.25, 0.3) is 11.3 Å². The molecule has 2 aromatic rings. The molecule has 0 unspecified atom stereocenters. The van der Waals surface area contributed by atoms with E-state index in [0.717, 1.165) is 0 Å². The first-order chi connectivity index (χ1) is 8.47. The molecule has 1 heterocycles. The summed E-state index contributed by atoms with van der Waals surface area (Å²) in [6.07, 6.45) is 0.253. The summed E-state index contributed by atoms with van der Waals surface area (Å²) in [4.78, 5) is 11.0. The molecule has 0 saturated carbocycles. The normalized spacial score (nSPS) is 10.7. The highest BCUT2D eigenvalue weighted by Gasteiger charge is 2.14. The van der Waals surface area contributed by atoms with Crippen LogP contribution in [-0.2, 0) is 11.2 Å². The van der Waals surface area contributed by atoms with E-state index in [9.17, 15) is 4.79 Å². The minimum absolute atomic E-state index is 0.0317. The fourth-order valence-electron chi connectivity index (χ4n) is 1.63. The molecule has 0 radical (unpaired) electrons. The van der Waals surface area contributed by atoms with Crippen molar-refractivity contribution in [3.63, 3.8) is 0 Å². The van der Waals surface area contributed by atoms with Crippen molar-refractivity contribution < 1.29 is 9.21 Å². The first-order valence-corrected chi connectivity index (χ1v) is 6.34. The monoisotopic (exact) mass is 302 g/mol. The number of halogens is 3. The van der Waals surface area contributed by atoms with Crippen LogP contribution in [0.4, 0.5) is 0 Å². The van der Waals surface area contributed by atoms with Crippen LogP contribution in [-0.4, -0.2) is 5.78 Å². The van der Waals surface area contributed by atoms with Gasteiger partial charge in [-0.15, -0.1) is 0 Å². The molecular weight excluding hydrogens is 294 g/mol. The number of rotatable bonds is 3. The van der Waals surface area contributed by atoms with Gasteiger partial charge < -0.3 is 4.42 Å². The Hall–Kier alpha value is -0.960. The first kappa shape index (κ1) is 13.5. The molecule has 0 aliphatic carbocycles. The Balaban J connectivity index is 2.43. The highest BCUT2D eigenvalue weighted by atomic mass is 35.5. The zero-order valence-corrected chi connectivity index (χ0v) is 11.7. The Labute approximate surface area is 119 Å². The second-order valence-corrected chi connectivity index (χ2v) is 5.14. The maximum atomic E-state index is 11.0. The van der Waals surface area contributed by atoms with Gasteiger partial charge >= 0.3 is 0 Å². The molecule has 0 spiro atoms. The number of carbonyl (C=O) groups is 1. The fourth-order valence-corrected chi connectivity index (χ4v) is 2.63. The van der Waals surface area contributed by atoms with Crippen molar-refractivity contribution in [3.05, 3.63) is 45.1 Å². The largest absolute Gasteiger partial charge is 0.461 e. The van der Waals surface area contributed by atoms with Crippen molar-refractivity contribution in [2.45, 2.75) is 13.3 Å². The maximum Gasteiger partial charge on any atom is 0.137 e. The Bertz CT molecular complexity index is 579. The summed E-state index contributed by atoms with van der Waals surface area (Å²) in [7, 11) is 0. The average molecular weight is 304 g/mol. The van der Waals surface area contributed by atoms with E-state index in [1.807, 2.05) is 0 Å². The third-order valence-electron chi connectivity index (χ3n) is 2.34. The Morgan fingerprint density at radius 1 is 1.17 bits per heavy atom. The van der Waals surface area contributed by atoms with Crippen molar-refractivity contribution in [2.75, 3.05) is 0 Å². The molecular formula is C13H9Cl3O2. The topological polar surface area (TPSA) is 30.2 Å². The number of hydrogen-bond acceptors (Lipinski definition) is 2. The molecule has 0 aliphatic rings. The number of carbonyl (C=O) groups excluding carboxylic acids is 1. The molecule has 0 amide bonds. The number of ketones is 1. The van der Waals surface area contributed by atoms with Crippen LogP contribution >= 0.6 is 34.8 Å². The van der Waals surface area contributed by atoms with E-state index in [2.05, 4.69) is 0 Å². The standard InChI is InChI=1S/C13H9Cl3O2/c1-7(17)4-9-2-3-12(18-9)13-10(15)5-8(14)6-11(13)16/h2-3,5-6H,4H2,1H3. The van der Waals surface area contributed by atoms with E-state index in [0.29, 0.717) is 32.2 Å². The molecule has 1 aromatic heterocycles. The van der Waals surface area contributed by atoms with Crippen molar-refractivity contribution in [3.8, 4) is 11.3 Å². The minimum atomic E-state index is 0.0317. The van der Waals surface area contributed by atoms with Gasteiger partial charge in [-0.05, 0) is 31.2 Å². The van der Waals surface area contributed by atoms with Gasteiger partial charge in [0.15, 0.2) is 0 Å². The molecule has 0 fully saturated rings. The summed E-state index contributed by atoms with van der Waals surface area (Å²) in [5, 5.41) is 1.29.